The lowest BCUT2D eigenvalue weighted by Crippen LogP contribution is -2.40. The summed E-state index contributed by atoms with van der Waals surface area (Å²) in [6, 6.07) is 10.8. The highest BCUT2D eigenvalue weighted by atomic mass is 16.5. The van der Waals surface area contributed by atoms with E-state index >= 15 is 0 Å². The molecule has 3 aliphatic rings. The SMILES string of the molecule is CCc1ccc2cc(-c3nc4cc(C(=O)N5C6CCC5C(N)C6)cc(OC)c4n3C)n(CCCCCC3CC3)c2n1. The van der Waals surface area contributed by atoms with Gasteiger partial charge in [0.25, 0.3) is 5.91 Å². The van der Waals surface area contributed by atoms with E-state index in [9.17, 15) is 4.79 Å². The van der Waals surface area contributed by atoms with Gasteiger partial charge in [0.2, 0.25) is 0 Å². The Labute approximate surface area is 241 Å². The van der Waals surface area contributed by atoms with Crippen LogP contribution in [-0.4, -0.2) is 55.1 Å². The number of nitrogens with zero attached hydrogens (tertiary/aromatic N) is 5. The fraction of sp³-hybridized carbons (Fsp3) is 0.545. The number of amides is 1. The Morgan fingerprint density at radius 3 is 2.63 bits per heavy atom. The molecule has 0 spiro atoms. The lowest BCUT2D eigenvalue weighted by Gasteiger charge is -2.23. The van der Waals surface area contributed by atoms with Crippen LogP contribution in [0.15, 0.2) is 30.3 Å². The largest absolute Gasteiger partial charge is 0.494 e. The minimum Gasteiger partial charge on any atom is -0.494 e. The van der Waals surface area contributed by atoms with Gasteiger partial charge < -0.3 is 24.5 Å². The summed E-state index contributed by atoms with van der Waals surface area (Å²) >= 11 is 0. The molecule has 5 heterocycles. The zero-order valence-corrected chi connectivity index (χ0v) is 24.6. The maximum absolute atomic E-state index is 13.7. The number of carbonyl (C=O) groups is 1. The monoisotopic (exact) mass is 554 g/mol. The molecule has 2 N–H and O–H groups in total. The van der Waals surface area contributed by atoms with Gasteiger partial charge in [-0.25, -0.2) is 9.97 Å². The highest BCUT2D eigenvalue weighted by Crippen LogP contribution is 2.40. The molecule has 3 atom stereocenters. The summed E-state index contributed by atoms with van der Waals surface area (Å²) in [5.74, 6) is 2.54. The van der Waals surface area contributed by atoms with Crippen molar-refractivity contribution in [3.05, 3.63) is 41.6 Å². The van der Waals surface area contributed by atoms with Gasteiger partial charge >= 0.3 is 0 Å². The Bertz CT molecular complexity index is 1620. The number of pyridine rings is 1. The van der Waals surface area contributed by atoms with Crippen LogP contribution in [0, 0.1) is 5.92 Å². The van der Waals surface area contributed by atoms with E-state index in [-0.39, 0.29) is 24.0 Å². The van der Waals surface area contributed by atoms with Crippen molar-refractivity contribution in [3.63, 3.8) is 0 Å². The molecule has 8 nitrogen and oxygen atoms in total. The number of hydrogen-bond acceptors (Lipinski definition) is 5. The number of aryl methyl sites for hydroxylation is 3. The van der Waals surface area contributed by atoms with E-state index in [4.69, 9.17) is 20.4 Å². The molecule has 1 saturated carbocycles. The van der Waals surface area contributed by atoms with Gasteiger partial charge in [0, 0.05) is 48.4 Å². The minimum atomic E-state index is 0.0365. The van der Waals surface area contributed by atoms with Crippen LogP contribution in [-0.2, 0) is 20.0 Å². The van der Waals surface area contributed by atoms with Crippen LogP contribution in [0.2, 0.25) is 0 Å². The zero-order valence-electron chi connectivity index (χ0n) is 24.6. The van der Waals surface area contributed by atoms with Gasteiger partial charge in [-0.05, 0) is 68.4 Å². The van der Waals surface area contributed by atoms with E-state index in [0.717, 1.165) is 83.8 Å². The second-order valence-corrected chi connectivity index (χ2v) is 12.5. The molecule has 3 fully saturated rings. The van der Waals surface area contributed by atoms with Gasteiger partial charge in [-0.1, -0.05) is 39.0 Å². The van der Waals surface area contributed by atoms with Crippen LogP contribution in [0.1, 0.15) is 80.8 Å². The molecule has 4 aromatic rings. The van der Waals surface area contributed by atoms with E-state index in [0.29, 0.717) is 11.3 Å². The minimum absolute atomic E-state index is 0.0365. The maximum Gasteiger partial charge on any atom is 0.254 e. The smallest absolute Gasteiger partial charge is 0.254 e. The van der Waals surface area contributed by atoms with Crippen molar-refractivity contribution in [3.8, 4) is 17.3 Å². The second-order valence-electron chi connectivity index (χ2n) is 12.5. The standard InChI is InChI=1S/C33H42N6O2/c1-4-23-12-11-21-17-28(38(31(21)35-23)15-7-5-6-8-20-9-10-20)32-36-26-16-22(18-29(41-3)30(26)37(32)2)33(40)39-24-13-14-27(39)25(34)19-24/h11-12,16-18,20,24-25,27H,4-10,13-15,19,34H2,1-3H3. The van der Waals surface area contributed by atoms with Crippen LogP contribution in [0.5, 0.6) is 5.75 Å². The van der Waals surface area contributed by atoms with E-state index in [1.807, 2.05) is 24.1 Å². The highest BCUT2D eigenvalue weighted by Gasteiger charge is 2.47. The molecule has 8 heteroatoms. The van der Waals surface area contributed by atoms with Gasteiger partial charge in [0.1, 0.15) is 16.9 Å². The van der Waals surface area contributed by atoms with Gasteiger partial charge in [0.15, 0.2) is 5.82 Å². The number of hydrogen-bond donors (Lipinski definition) is 1. The highest BCUT2D eigenvalue weighted by molar-refractivity contribution is 6.00. The maximum atomic E-state index is 13.7. The van der Waals surface area contributed by atoms with Crippen molar-refractivity contribution in [2.75, 3.05) is 7.11 Å². The van der Waals surface area contributed by atoms with E-state index in [1.165, 1.54) is 32.1 Å². The number of benzene rings is 1. The Morgan fingerprint density at radius 2 is 1.93 bits per heavy atom. The number of unbranched alkanes of at least 4 members (excludes halogenated alkanes) is 2. The molecule has 3 aromatic heterocycles. The van der Waals surface area contributed by atoms with Gasteiger partial charge in [-0.2, -0.15) is 0 Å². The van der Waals surface area contributed by atoms with Gasteiger partial charge in [-0.3, -0.25) is 4.79 Å². The van der Waals surface area contributed by atoms with E-state index in [1.54, 1.807) is 7.11 Å². The summed E-state index contributed by atoms with van der Waals surface area (Å²) in [5, 5.41) is 1.13. The fourth-order valence-corrected chi connectivity index (χ4v) is 7.38. The first-order chi connectivity index (χ1) is 20.0. The van der Waals surface area contributed by atoms with E-state index in [2.05, 4.69) is 34.3 Å². The molecule has 3 unspecified atom stereocenters. The first-order valence-corrected chi connectivity index (χ1v) is 15.6. The molecule has 1 aliphatic carbocycles. The fourth-order valence-electron chi connectivity index (χ4n) is 7.38. The average molecular weight is 555 g/mol. The van der Waals surface area contributed by atoms with Crippen LogP contribution >= 0.6 is 0 Å². The predicted octanol–water partition coefficient (Wildman–Crippen LogP) is 5.84. The number of aromatic nitrogens is 4. The van der Waals surface area contributed by atoms with Crippen molar-refractivity contribution < 1.29 is 9.53 Å². The van der Waals surface area contributed by atoms with Crippen molar-refractivity contribution in [1.29, 1.82) is 0 Å². The Balaban J connectivity index is 1.27. The quantitative estimate of drug-likeness (QED) is 0.249. The topological polar surface area (TPSA) is 91.2 Å². The molecular weight excluding hydrogens is 512 g/mol. The summed E-state index contributed by atoms with van der Waals surface area (Å²) in [5.41, 5.74) is 11.8. The van der Waals surface area contributed by atoms with Gasteiger partial charge in [-0.15, -0.1) is 0 Å². The molecule has 41 heavy (non-hydrogen) atoms. The second kappa shape index (κ2) is 10.5. The lowest BCUT2D eigenvalue weighted by atomic mass is 9.97. The molecule has 2 saturated heterocycles. The third-order valence-electron chi connectivity index (χ3n) is 9.80. The van der Waals surface area contributed by atoms with Crippen molar-refractivity contribution in [1.82, 2.24) is 24.0 Å². The predicted molar refractivity (Wildman–Crippen MR) is 162 cm³/mol. The molecule has 1 aromatic carbocycles. The van der Waals surface area contributed by atoms with Crippen LogP contribution in [0.25, 0.3) is 33.6 Å². The van der Waals surface area contributed by atoms with Crippen LogP contribution in [0.3, 0.4) is 0 Å². The molecule has 0 radical (unpaired) electrons. The van der Waals surface area contributed by atoms with Crippen molar-refractivity contribution in [2.45, 2.75) is 95.8 Å². The third kappa shape index (κ3) is 4.60. The molecule has 2 bridgehead atoms. The summed E-state index contributed by atoms with van der Waals surface area (Å²) in [7, 11) is 3.71. The van der Waals surface area contributed by atoms with Gasteiger partial charge in [0.05, 0.1) is 18.3 Å². The Hall–Kier alpha value is -3.39. The summed E-state index contributed by atoms with van der Waals surface area (Å²) < 4.78 is 10.3. The Morgan fingerprint density at radius 1 is 1.07 bits per heavy atom. The normalized spacial score (nSPS) is 22.0. The number of methoxy groups -OCH3 is 1. The molecule has 1 amide bonds. The number of fused-ring (bicyclic) bond motifs is 4. The van der Waals surface area contributed by atoms with Crippen LogP contribution < -0.4 is 10.5 Å². The van der Waals surface area contributed by atoms with E-state index < -0.39 is 0 Å². The Kier molecular flexibility index (Phi) is 6.76. The lowest BCUT2D eigenvalue weighted by molar-refractivity contribution is 0.0726. The van der Waals surface area contributed by atoms with Crippen molar-refractivity contribution >= 4 is 28.0 Å². The molecule has 2 aliphatic heterocycles. The molecule has 216 valence electrons. The third-order valence-corrected chi connectivity index (χ3v) is 9.80. The first-order valence-electron chi connectivity index (χ1n) is 15.6. The average Bonchev–Trinajstić information content (AvgIpc) is 3.32. The zero-order chi connectivity index (χ0) is 28.2. The number of ether oxygens (including phenoxy) is 1. The number of carbonyl (C=O) groups excluding carboxylic acids is 1. The molecular formula is C33H42N6O2. The summed E-state index contributed by atoms with van der Waals surface area (Å²) in [6.45, 7) is 3.06. The number of nitrogens with two attached hydrogens (primary N) is 1. The summed E-state index contributed by atoms with van der Waals surface area (Å²) in [4.78, 5) is 26.0. The van der Waals surface area contributed by atoms with Crippen molar-refractivity contribution in [2.24, 2.45) is 18.7 Å². The number of imidazole rings is 1. The molecule has 7 rings (SSSR count). The first kappa shape index (κ1) is 26.5. The number of rotatable bonds is 10. The van der Waals surface area contributed by atoms with Crippen LogP contribution in [0.4, 0.5) is 0 Å². The summed E-state index contributed by atoms with van der Waals surface area (Å²) in [6.07, 6.45) is 11.7.